The number of hydrogen-bond acceptors (Lipinski definition) is 3. The molecule has 0 atom stereocenters. The van der Waals surface area contributed by atoms with Crippen LogP contribution in [-0.2, 0) is 6.42 Å². The SMILES string of the molecule is CCNCCc1c(Cl)nc2scc(C)n12. The fraction of sp³-hybridized carbons (Fsp3) is 0.500. The van der Waals surface area contributed by atoms with Crippen molar-refractivity contribution in [2.45, 2.75) is 20.3 Å². The molecule has 0 aliphatic rings. The second-order valence-electron chi connectivity index (χ2n) is 3.45. The van der Waals surface area contributed by atoms with Gasteiger partial charge in [-0.1, -0.05) is 18.5 Å². The van der Waals surface area contributed by atoms with Crippen LogP contribution in [0, 0.1) is 6.92 Å². The Morgan fingerprint density at radius 1 is 1.60 bits per heavy atom. The number of aromatic nitrogens is 2. The van der Waals surface area contributed by atoms with Crippen molar-refractivity contribution in [1.82, 2.24) is 14.7 Å². The molecule has 0 bridgehead atoms. The summed E-state index contributed by atoms with van der Waals surface area (Å²) in [6.45, 7) is 6.11. The maximum Gasteiger partial charge on any atom is 0.195 e. The first-order valence-electron chi connectivity index (χ1n) is 5.05. The number of rotatable bonds is 4. The normalized spacial score (nSPS) is 11.4. The van der Waals surface area contributed by atoms with E-state index in [9.17, 15) is 0 Å². The summed E-state index contributed by atoms with van der Waals surface area (Å²) >= 11 is 7.74. The van der Waals surface area contributed by atoms with Gasteiger partial charge in [0.25, 0.3) is 0 Å². The van der Waals surface area contributed by atoms with Crippen LogP contribution in [-0.4, -0.2) is 22.5 Å². The molecule has 0 radical (unpaired) electrons. The van der Waals surface area contributed by atoms with Gasteiger partial charge in [-0.2, -0.15) is 0 Å². The van der Waals surface area contributed by atoms with Crippen LogP contribution in [0.5, 0.6) is 0 Å². The molecule has 3 nitrogen and oxygen atoms in total. The lowest BCUT2D eigenvalue weighted by Crippen LogP contribution is -2.17. The lowest BCUT2D eigenvalue weighted by molar-refractivity contribution is 0.704. The summed E-state index contributed by atoms with van der Waals surface area (Å²) in [6, 6.07) is 0. The van der Waals surface area contributed by atoms with Crippen molar-refractivity contribution in [1.29, 1.82) is 0 Å². The maximum atomic E-state index is 6.11. The van der Waals surface area contributed by atoms with E-state index >= 15 is 0 Å². The monoisotopic (exact) mass is 243 g/mol. The average Bonchev–Trinajstić information content (AvgIpc) is 2.70. The highest BCUT2D eigenvalue weighted by Crippen LogP contribution is 2.24. The second-order valence-corrected chi connectivity index (χ2v) is 4.64. The second kappa shape index (κ2) is 4.51. The van der Waals surface area contributed by atoms with E-state index in [-0.39, 0.29) is 0 Å². The van der Waals surface area contributed by atoms with Crippen LogP contribution < -0.4 is 5.32 Å². The van der Waals surface area contributed by atoms with Crippen molar-refractivity contribution in [3.63, 3.8) is 0 Å². The quantitative estimate of drug-likeness (QED) is 0.837. The molecule has 0 saturated carbocycles. The van der Waals surface area contributed by atoms with Gasteiger partial charge in [0.15, 0.2) is 10.1 Å². The molecule has 2 aromatic heterocycles. The number of aryl methyl sites for hydroxylation is 1. The minimum Gasteiger partial charge on any atom is -0.317 e. The topological polar surface area (TPSA) is 29.3 Å². The van der Waals surface area contributed by atoms with E-state index < -0.39 is 0 Å². The van der Waals surface area contributed by atoms with E-state index in [1.807, 2.05) is 0 Å². The molecule has 2 rings (SSSR count). The minimum absolute atomic E-state index is 0.642. The molecule has 0 unspecified atom stereocenters. The third-order valence-electron chi connectivity index (χ3n) is 2.37. The summed E-state index contributed by atoms with van der Waals surface area (Å²) < 4.78 is 2.14. The van der Waals surface area contributed by atoms with E-state index in [1.165, 1.54) is 5.69 Å². The molecule has 2 heterocycles. The Balaban J connectivity index is 2.30. The number of nitrogens with zero attached hydrogens (tertiary/aromatic N) is 2. The largest absolute Gasteiger partial charge is 0.317 e. The van der Waals surface area contributed by atoms with Crippen LogP contribution in [0.4, 0.5) is 0 Å². The predicted molar refractivity (Wildman–Crippen MR) is 65.1 cm³/mol. The summed E-state index contributed by atoms with van der Waals surface area (Å²) in [5, 5.41) is 6.04. The highest BCUT2D eigenvalue weighted by molar-refractivity contribution is 7.15. The van der Waals surface area contributed by atoms with Gasteiger partial charge in [0.1, 0.15) is 0 Å². The fourth-order valence-corrected chi connectivity index (χ4v) is 2.83. The Kier molecular flexibility index (Phi) is 3.29. The first-order chi connectivity index (χ1) is 7.24. The summed E-state index contributed by atoms with van der Waals surface area (Å²) in [4.78, 5) is 5.32. The zero-order valence-electron chi connectivity index (χ0n) is 8.88. The predicted octanol–water partition coefficient (Wildman–Crippen LogP) is 2.51. The lowest BCUT2D eigenvalue weighted by Gasteiger charge is -2.02. The highest BCUT2D eigenvalue weighted by atomic mass is 35.5. The van der Waals surface area contributed by atoms with Gasteiger partial charge in [-0.25, -0.2) is 4.98 Å². The Bertz CT molecular complexity index is 460. The van der Waals surface area contributed by atoms with Crippen molar-refractivity contribution in [3.05, 3.63) is 21.9 Å². The number of imidazole rings is 1. The lowest BCUT2D eigenvalue weighted by atomic mass is 10.3. The molecule has 0 aromatic carbocycles. The summed E-state index contributed by atoms with van der Waals surface area (Å²) in [5.74, 6) is 0. The average molecular weight is 244 g/mol. The van der Waals surface area contributed by atoms with Gasteiger partial charge < -0.3 is 5.32 Å². The fourth-order valence-electron chi connectivity index (χ4n) is 1.64. The van der Waals surface area contributed by atoms with Gasteiger partial charge in [-0.3, -0.25) is 4.40 Å². The van der Waals surface area contributed by atoms with E-state index in [4.69, 9.17) is 11.6 Å². The molecule has 0 aliphatic carbocycles. The van der Waals surface area contributed by atoms with Crippen LogP contribution in [0.15, 0.2) is 5.38 Å². The third-order valence-corrected chi connectivity index (χ3v) is 3.62. The Labute approximate surface area is 98.1 Å². The number of nitrogens with one attached hydrogen (secondary N) is 1. The minimum atomic E-state index is 0.642. The van der Waals surface area contributed by atoms with Gasteiger partial charge >= 0.3 is 0 Å². The van der Waals surface area contributed by atoms with Crippen LogP contribution in [0.25, 0.3) is 4.96 Å². The smallest absolute Gasteiger partial charge is 0.195 e. The zero-order chi connectivity index (χ0) is 10.8. The Morgan fingerprint density at radius 2 is 2.40 bits per heavy atom. The van der Waals surface area contributed by atoms with Crippen molar-refractivity contribution >= 4 is 27.9 Å². The third kappa shape index (κ3) is 2.02. The zero-order valence-corrected chi connectivity index (χ0v) is 10.5. The molecule has 0 fully saturated rings. The van der Waals surface area contributed by atoms with Gasteiger partial charge in [0, 0.05) is 24.0 Å². The van der Waals surface area contributed by atoms with Gasteiger partial charge in [-0.15, -0.1) is 11.3 Å². The molecular formula is C10H14ClN3S. The molecule has 2 aromatic rings. The maximum absolute atomic E-state index is 6.11. The summed E-state index contributed by atoms with van der Waals surface area (Å²) in [7, 11) is 0. The molecular weight excluding hydrogens is 230 g/mol. The number of hydrogen-bond donors (Lipinski definition) is 1. The van der Waals surface area contributed by atoms with Gasteiger partial charge in [-0.05, 0) is 13.5 Å². The number of thiazole rings is 1. The Morgan fingerprint density at radius 3 is 3.13 bits per heavy atom. The molecule has 5 heteroatoms. The van der Waals surface area contributed by atoms with Crippen molar-refractivity contribution in [2.24, 2.45) is 0 Å². The van der Waals surface area contributed by atoms with Crippen LogP contribution >= 0.6 is 22.9 Å². The molecule has 15 heavy (non-hydrogen) atoms. The van der Waals surface area contributed by atoms with Gasteiger partial charge in [0.2, 0.25) is 0 Å². The van der Waals surface area contributed by atoms with Crippen LogP contribution in [0.3, 0.4) is 0 Å². The van der Waals surface area contributed by atoms with Crippen LogP contribution in [0.2, 0.25) is 5.15 Å². The summed E-state index contributed by atoms with van der Waals surface area (Å²) in [6.07, 6.45) is 0.922. The molecule has 0 spiro atoms. The van der Waals surface area contributed by atoms with Gasteiger partial charge in [0.05, 0.1) is 5.69 Å². The van der Waals surface area contributed by atoms with Crippen LogP contribution in [0.1, 0.15) is 18.3 Å². The van der Waals surface area contributed by atoms with Crippen molar-refractivity contribution in [2.75, 3.05) is 13.1 Å². The van der Waals surface area contributed by atoms with E-state index in [1.54, 1.807) is 11.3 Å². The number of likely N-dealkylation sites (N-methyl/N-ethyl adjacent to an activating group) is 1. The van der Waals surface area contributed by atoms with E-state index in [2.05, 4.69) is 33.9 Å². The standard InChI is InChI=1S/C10H14ClN3S/c1-3-12-5-4-8-9(11)13-10-14(8)7(2)6-15-10/h6,12H,3-5H2,1-2H3. The summed E-state index contributed by atoms with van der Waals surface area (Å²) in [5.41, 5.74) is 2.33. The molecule has 0 saturated heterocycles. The highest BCUT2D eigenvalue weighted by Gasteiger charge is 2.12. The molecule has 82 valence electrons. The molecule has 0 amide bonds. The first-order valence-corrected chi connectivity index (χ1v) is 6.31. The molecule has 1 N–H and O–H groups in total. The Hall–Kier alpha value is -0.580. The van der Waals surface area contributed by atoms with Crippen molar-refractivity contribution in [3.8, 4) is 0 Å². The molecule has 0 aliphatic heterocycles. The first kappa shape index (κ1) is 10.9. The van der Waals surface area contributed by atoms with E-state index in [0.717, 1.165) is 30.2 Å². The van der Waals surface area contributed by atoms with E-state index in [0.29, 0.717) is 5.15 Å². The number of fused-ring (bicyclic) bond motifs is 1. The number of halogens is 1. The van der Waals surface area contributed by atoms with Crippen molar-refractivity contribution < 1.29 is 0 Å².